The maximum Gasteiger partial charge on any atom is 0.390 e. The maximum atomic E-state index is 12.1. The summed E-state index contributed by atoms with van der Waals surface area (Å²) in [5, 5.41) is 5.65. The Morgan fingerprint density at radius 1 is 1.12 bits per heavy atom. The van der Waals surface area contributed by atoms with Crippen LogP contribution in [0.5, 0.6) is 5.75 Å². The molecular formula is C17H27F3IN3O. The molecule has 0 spiro atoms. The Labute approximate surface area is 164 Å². The number of rotatable bonds is 8. The fourth-order valence-corrected chi connectivity index (χ4v) is 1.88. The molecule has 144 valence electrons. The van der Waals surface area contributed by atoms with Crippen LogP contribution in [0.1, 0.15) is 25.8 Å². The number of hydrogen-bond acceptors (Lipinski definition) is 2. The second-order valence-corrected chi connectivity index (χ2v) is 5.89. The summed E-state index contributed by atoms with van der Waals surface area (Å²) in [6, 6.07) is 7.82. The van der Waals surface area contributed by atoms with Crippen LogP contribution in [-0.2, 0) is 6.42 Å². The molecule has 0 aliphatic rings. The van der Waals surface area contributed by atoms with E-state index in [1.165, 1.54) is 7.05 Å². The molecule has 0 unspecified atom stereocenters. The third kappa shape index (κ3) is 11.9. The number of nitrogens with one attached hydrogen (secondary N) is 2. The number of halogens is 4. The van der Waals surface area contributed by atoms with Crippen molar-refractivity contribution in [1.82, 2.24) is 10.6 Å². The number of benzene rings is 1. The summed E-state index contributed by atoms with van der Waals surface area (Å²) in [4.78, 5) is 3.90. The Morgan fingerprint density at radius 3 is 2.24 bits per heavy atom. The molecule has 2 N–H and O–H groups in total. The van der Waals surface area contributed by atoms with Gasteiger partial charge in [-0.05, 0) is 30.0 Å². The molecule has 0 heterocycles. The highest BCUT2D eigenvalue weighted by molar-refractivity contribution is 14.0. The minimum absolute atomic E-state index is 0. The molecule has 1 rings (SSSR count). The minimum Gasteiger partial charge on any atom is -0.493 e. The van der Waals surface area contributed by atoms with Gasteiger partial charge in [-0.15, -0.1) is 24.0 Å². The first-order valence-corrected chi connectivity index (χ1v) is 8.03. The predicted octanol–water partition coefficient (Wildman–Crippen LogP) is 4.00. The third-order valence-corrected chi connectivity index (χ3v) is 3.14. The van der Waals surface area contributed by atoms with E-state index in [4.69, 9.17) is 4.74 Å². The van der Waals surface area contributed by atoms with Crippen LogP contribution in [0, 0.1) is 5.92 Å². The standard InChI is InChI=1S/C17H26F3N3O.HI/c1-13(2)12-24-15-6-4-14(5-7-15)8-10-22-16(21-3)23-11-9-17(18,19)20;/h4-7,13H,8-12H2,1-3H3,(H2,21,22,23);1H. The molecule has 1 aromatic rings. The summed E-state index contributed by atoms with van der Waals surface area (Å²) in [5.41, 5.74) is 1.12. The van der Waals surface area contributed by atoms with Crippen LogP contribution in [0.4, 0.5) is 13.2 Å². The summed E-state index contributed by atoms with van der Waals surface area (Å²) < 4.78 is 41.9. The van der Waals surface area contributed by atoms with Gasteiger partial charge in [-0.2, -0.15) is 13.2 Å². The van der Waals surface area contributed by atoms with Crippen LogP contribution in [0.15, 0.2) is 29.3 Å². The predicted molar refractivity (Wildman–Crippen MR) is 106 cm³/mol. The monoisotopic (exact) mass is 473 g/mol. The van der Waals surface area contributed by atoms with Crippen molar-refractivity contribution >= 4 is 29.9 Å². The lowest BCUT2D eigenvalue weighted by molar-refractivity contribution is -0.132. The Morgan fingerprint density at radius 2 is 1.72 bits per heavy atom. The van der Waals surface area contributed by atoms with E-state index < -0.39 is 12.6 Å². The zero-order valence-electron chi connectivity index (χ0n) is 14.8. The number of nitrogens with zero attached hydrogens (tertiary/aromatic N) is 1. The molecule has 0 fully saturated rings. The summed E-state index contributed by atoms with van der Waals surface area (Å²) >= 11 is 0. The summed E-state index contributed by atoms with van der Waals surface area (Å²) in [6.45, 7) is 5.26. The molecule has 4 nitrogen and oxygen atoms in total. The second kappa shape index (κ2) is 12.2. The number of guanidine groups is 1. The quantitative estimate of drug-likeness (QED) is 0.341. The van der Waals surface area contributed by atoms with E-state index in [0.29, 0.717) is 25.0 Å². The Hall–Kier alpha value is -1.19. The second-order valence-electron chi connectivity index (χ2n) is 5.89. The van der Waals surface area contributed by atoms with Crippen LogP contribution < -0.4 is 15.4 Å². The van der Waals surface area contributed by atoms with Gasteiger partial charge in [0.25, 0.3) is 0 Å². The topological polar surface area (TPSA) is 45.7 Å². The van der Waals surface area contributed by atoms with E-state index >= 15 is 0 Å². The molecule has 0 radical (unpaired) electrons. The van der Waals surface area contributed by atoms with Crippen LogP contribution in [0.2, 0.25) is 0 Å². The van der Waals surface area contributed by atoms with Crippen LogP contribution in [-0.4, -0.2) is 38.9 Å². The Bertz CT molecular complexity index is 505. The molecule has 0 aliphatic heterocycles. The molecule has 0 saturated heterocycles. The number of ether oxygens (including phenoxy) is 1. The highest BCUT2D eigenvalue weighted by atomic mass is 127. The average Bonchev–Trinajstić information content (AvgIpc) is 2.51. The first kappa shape index (κ1) is 23.8. The highest BCUT2D eigenvalue weighted by Crippen LogP contribution is 2.18. The van der Waals surface area contributed by atoms with Gasteiger partial charge in [0.05, 0.1) is 13.0 Å². The molecular weight excluding hydrogens is 446 g/mol. The van der Waals surface area contributed by atoms with Crippen molar-refractivity contribution in [2.45, 2.75) is 32.9 Å². The first-order chi connectivity index (χ1) is 11.3. The van der Waals surface area contributed by atoms with Crippen molar-refractivity contribution in [3.05, 3.63) is 29.8 Å². The molecule has 0 aliphatic carbocycles. The van der Waals surface area contributed by atoms with Crippen LogP contribution in [0.3, 0.4) is 0 Å². The molecule has 0 aromatic heterocycles. The smallest absolute Gasteiger partial charge is 0.390 e. The largest absolute Gasteiger partial charge is 0.493 e. The van der Waals surface area contributed by atoms with Crippen molar-refractivity contribution in [3.8, 4) is 5.75 Å². The normalized spacial score (nSPS) is 11.9. The van der Waals surface area contributed by atoms with Crippen molar-refractivity contribution < 1.29 is 17.9 Å². The Balaban J connectivity index is 0.00000576. The van der Waals surface area contributed by atoms with Gasteiger partial charge in [0.15, 0.2) is 5.96 Å². The van der Waals surface area contributed by atoms with Gasteiger partial charge >= 0.3 is 6.18 Å². The fourth-order valence-electron chi connectivity index (χ4n) is 1.88. The van der Waals surface area contributed by atoms with Gasteiger partial charge in [0.1, 0.15) is 5.75 Å². The first-order valence-electron chi connectivity index (χ1n) is 8.03. The van der Waals surface area contributed by atoms with Crippen LogP contribution >= 0.6 is 24.0 Å². The summed E-state index contributed by atoms with van der Waals surface area (Å²) in [5.74, 6) is 1.69. The Kier molecular flexibility index (Phi) is 11.6. The van der Waals surface area contributed by atoms with E-state index in [0.717, 1.165) is 17.7 Å². The summed E-state index contributed by atoms with van der Waals surface area (Å²) in [6.07, 6.45) is -4.30. The lowest BCUT2D eigenvalue weighted by Crippen LogP contribution is -2.39. The minimum atomic E-state index is -4.16. The van der Waals surface area contributed by atoms with Crippen LogP contribution in [0.25, 0.3) is 0 Å². The molecule has 1 aromatic carbocycles. The number of alkyl halides is 3. The third-order valence-electron chi connectivity index (χ3n) is 3.14. The average molecular weight is 473 g/mol. The lowest BCUT2D eigenvalue weighted by atomic mass is 10.1. The van der Waals surface area contributed by atoms with E-state index in [1.54, 1.807) is 0 Å². The van der Waals surface area contributed by atoms with Gasteiger partial charge in [-0.25, -0.2) is 0 Å². The van der Waals surface area contributed by atoms with E-state index in [9.17, 15) is 13.2 Å². The summed E-state index contributed by atoms with van der Waals surface area (Å²) in [7, 11) is 1.53. The molecule has 0 atom stereocenters. The van der Waals surface area contributed by atoms with E-state index in [2.05, 4.69) is 29.5 Å². The molecule has 0 bridgehead atoms. The molecule has 25 heavy (non-hydrogen) atoms. The van der Waals surface area contributed by atoms with Crippen molar-refractivity contribution in [2.24, 2.45) is 10.9 Å². The molecule has 0 saturated carbocycles. The van der Waals surface area contributed by atoms with Gasteiger partial charge < -0.3 is 15.4 Å². The zero-order valence-corrected chi connectivity index (χ0v) is 17.2. The van der Waals surface area contributed by atoms with Gasteiger partial charge in [0, 0.05) is 20.1 Å². The van der Waals surface area contributed by atoms with Crippen molar-refractivity contribution in [2.75, 3.05) is 26.7 Å². The van der Waals surface area contributed by atoms with Gasteiger partial charge in [0.2, 0.25) is 0 Å². The number of hydrogen-bond donors (Lipinski definition) is 2. The highest BCUT2D eigenvalue weighted by Gasteiger charge is 2.26. The molecule has 8 heteroatoms. The SMILES string of the molecule is CN=C(NCCc1ccc(OCC(C)C)cc1)NCCC(F)(F)F.I. The zero-order chi connectivity index (χ0) is 18.0. The lowest BCUT2D eigenvalue weighted by Gasteiger charge is -2.13. The number of aliphatic imine (C=N–C) groups is 1. The fraction of sp³-hybridized carbons (Fsp3) is 0.588. The molecule has 0 amide bonds. The van der Waals surface area contributed by atoms with Gasteiger partial charge in [-0.1, -0.05) is 26.0 Å². The maximum absolute atomic E-state index is 12.1. The van der Waals surface area contributed by atoms with E-state index in [1.807, 2.05) is 24.3 Å². The van der Waals surface area contributed by atoms with E-state index in [-0.39, 0.29) is 30.5 Å². The van der Waals surface area contributed by atoms with Crippen molar-refractivity contribution in [1.29, 1.82) is 0 Å². The van der Waals surface area contributed by atoms with Crippen molar-refractivity contribution in [3.63, 3.8) is 0 Å². The van der Waals surface area contributed by atoms with Gasteiger partial charge in [-0.3, -0.25) is 4.99 Å².